The Bertz CT molecular complexity index is 930. The van der Waals surface area contributed by atoms with Gasteiger partial charge in [0.1, 0.15) is 11.6 Å². The van der Waals surface area contributed by atoms with Crippen molar-refractivity contribution in [3.05, 3.63) is 25.3 Å². The summed E-state index contributed by atoms with van der Waals surface area (Å²) >= 11 is 3.74. The van der Waals surface area contributed by atoms with Crippen LogP contribution in [0.5, 0.6) is 0 Å². The van der Waals surface area contributed by atoms with Crippen molar-refractivity contribution in [2.24, 2.45) is 11.8 Å². The van der Waals surface area contributed by atoms with Gasteiger partial charge in [-0.15, -0.1) is 13.2 Å². The Labute approximate surface area is 240 Å². The standard InChI is InChI=1S/C28H43BrN4O6/c1-4-8-31(9-5-2)25(35)21-22-26(36)33(11-7-16-34)24(28(22)19-20(29)23(21)39-28)27(37)32(10-6-3)13-12-30-14-17-38-18-15-30/h4,6,20-24,34H,1,3,5,7-19H2,2H3/t20?,21-,22-,23-,24?,28?/m0/s1. The number of hydrogen-bond donors (Lipinski definition) is 1. The van der Waals surface area contributed by atoms with Crippen molar-refractivity contribution in [1.82, 2.24) is 19.6 Å². The molecule has 4 heterocycles. The van der Waals surface area contributed by atoms with Gasteiger partial charge in [-0.3, -0.25) is 19.3 Å². The number of amides is 3. The Balaban J connectivity index is 1.66. The van der Waals surface area contributed by atoms with E-state index in [0.717, 1.165) is 19.5 Å². The largest absolute Gasteiger partial charge is 0.396 e. The minimum Gasteiger partial charge on any atom is -0.396 e. The topological polar surface area (TPSA) is 103 Å². The summed E-state index contributed by atoms with van der Waals surface area (Å²) in [7, 11) is 0. The summed E-state index contributed by atoms with van der Waals surface area (Å²) in [4.78, 5) is 49.5. The molecule has 0 radical (unpaired) electrons. The fourth-order valence-corrected chi connectivity index (χ4v) is 7.75. The molecule has 3 unspecified atom stereocenters. The molecule has 0 aliphatic carbocycles. The fraction of sp³-hybridized carbons (Fsp3) is 0.750. The monoisotopic (exact) mass is 610 g/mol. The number of ether oxygens (including phenoxy) is 2. The molecular formula is C28H43BrN4O6. The first-order valence-corrected chi connectivity index (χ1v) is 15.1. The number of fused-ring (bicyclic) bond motifs is 1. The quantitative estimate of drug-likeness (QED) is 0.230. The maximum atomic E-state index is 14.3. The Morgan fingerprint density at radius 3 is 2.41 bits per heavy atom. The second-order valence-electron chi connectivity index (χ2n) is 10.9. The van der Waals surface area contributed by atoms with E-state index in [-0.39, 0.29) is 35.7 Å². The zero-order chi connectivity index (χ0) is 28.2. The average molecular weight is 612 g/mol. The number of carbonyl (C=O) groups is 3. The molecule has 11 heteroatoms. The number of alkyl halides is 1. The van der Waals surface area contributed by atoms with E-state index in [0.29, 0.717) is 58.8 Å². The second kappa shape index (κ2) is 13.2. The third kappa shape index (κ3) is 5.70. The van der Waals surface area contributed by atoms with Crippen LogP contribution in [0.15, 0.2) is 25.3 Å². The number of rotatable bonds is 14. The van der Waals surface area contributed by atoms with Gasteiger partial charge in [-0.25, -0.2) is 0 Å². The molecule has 0 aromatic carbocycles. The third-order valence-electron chi connectivity index (χ3n) is 8.47. The van der Waals surface area contributed by atoms with Gasteiger partial charge in [-0.05, 0) is 19.3 Å². The van der Waals surface area contributed by atoms with Gasteiger partial charge in [0.15, 0.2) is 0 Å². The lowest BCUT2D eigenvalue weighted by molar-refractivity contribution is -0.149. The summed E-state index contributed by atoms with van der Waals surface area (Å²) < 4.78 is 12.1. The molecule has 218 valence electrons. The van der Waals surface area contributed by atoms with E-state index >= 15 is 0 Å². The first-order chi connectivity index (χ1) is 18.8. The number of halogens is 1. The zero-order valence-corrected chi connectivity index (χ0v) is 24.6. The van der Waals surface area contributed by atoms with Gasteiger partial charge in [0.2, 0.25) is 17.7 Å². The van der Waals surface area contributed by atoms with Gasteiger partial charge < -0.3 is 29.3 Å². The van der Waals surface area contributed by atoms with Gasteiger partial charge in [0.25, 0.3) is 0 Å². The minimum absolute atomic E-state index is 0.105. The first-order valence-electron chi connectivity index (χ1n) is 14.2. The number of carbonyl (C=O) groups excluding carboxylic acids is 3. The lowest BCUT2D eigenvalue weighted by Gasteiger charge is -2.38. The van der Waals surface area contributed by atoms with Crippen LogP contribution >= 0.6 is 15.9 Å². The number of morpholine rings is 1. The maximum absolute atomic E-state index is 14.3. The Kier molecular flexibility index (Phi) is 10.3. The van der Waals surface area contributed by atoms with Crippen LogP contribution in [0.2, 0.25) is 0 Å². The highest BCUT2D eigenvalue weighted by atomic mass is 79.9. The molecule has 4 aliphatic heterocycles. The zero-order valence-electron chi connectivity index (χ0n) is 23.0. The Hall–Kier alpha value is -1.79. The second-order valence-corrected chi connectivity index (χ2v) is 12.0. The molecular weight excluding hydrogens is 568 g/mol. The summed E-state index contributed by atoms with van der Waals surface area (Å²) in [5.74, 6) is -1.98. The van der Waals surface area contributed by atoms with Crippen LogP contribution in [0.1, 0.15) is 26.2 Å². The molecule has 1 spiro atoms. The molecule has 4 rings (SSSR count). The van der Waals surface area contributed by atoms with Crippen LogP contribution in [-0.2, 0) is 23.9 Å². The van der Waals surface area contributed by atoms with Gasteiger partial charge >= 0.3 is 0 Å². The third-order valence-corrected chi connectivity index (χ3v) is 9.32. The van der Waals surface area contributed by atoms with Crippen molar-refractivity contribution in [2.75, 3.05) is 72.2 Å². The van der Waals surface area contributed by atoms with Crippen molar-refractivity contribution in [2.45, 2.75) is 48.8 Å². The van der Waals surface area contributed by atoms with Crippen molar-refractivity contribution in [3.8, 4) is 0 Å². The lowest BCUT2D eigenvalue weighted by atomic mass is 9.70. The number of aliphatic hydroxyl groups excluding tert-OH is 1. The molecule has 0 saturated carbocycles. The molecule has 4 saturated heterocycles. The maximum Gasteiger partial charge on any atom is 0.248 e. The minimum atomic E-state index is -1.10. The summed E-state index contributed by atoms with van der Waals surface area (Å²) in [5.41, 5.74) is -1.10. The number of nitrogens with zero attached hydrogens (tertiary/aromatic N) is 4. The van der Waals surface area contributed by atoms with Crippen LogP contribution in [-0.4, -0.2) is 137 Å². The Morgan fingerprint density at radius 1 is 1.13 bits per heavy atom. The lowest BCUT2D eigenvalue weighted by Crippen LogP contribution is -2.58. The molecule has 10 nitrogen and oxygen atoms in total. The van der Waals surface area contributed by atoms with Crippen LogP contribution in [0.25, 0.3) is 0 Å². The van der Waals surface area contributed by atoms with E-state index in [2.05, 4.69) is 34.0 Å². The normalized spacial score (nSPS) is 31.8. The summed E-state index contributed by atoms with van der Waals surface area (Å²) in [5, 5.41) is 9.59. The van der Waals surface area contributed by atoms with E-state index < -0.39 is 29.6 Å². The number of likely N-dealkylation sites (tertiary alicyclic amines) is 1. The van der Waals surface area contributed by atoms with Crippen molar-refractivity contribution < 1.29 is 29.0 Å². The highest BCUT2D eigenvalue weighted by molar-refractivity contribution is 9.09. The van der Waals surface area contributed by atoms with Crippen molar-refractivity contribution in [1.29, 1.82) is 0 Å². The van der Waals surface area contributed by atoms with Crippen LogP contribution in [0.4, 0.5) is 0 Å². The molecule has 1 N–H and O–H groups in total. The van der Waals surface area contributed by atoms with Crippen LogP contribution < -0.4 is 0 Å². The van der Waals surface area contributed by atoms with Gasteiger partial charge in [-0.1, -0.05) is 35.0 Å². The van der Waals surface area contributed by atoms with Gasteiger partial charge in [0, 0.05) is 63.8 Å². The number of aliphatic hydroxyl groups is 1. The predicted octanol–water partition coefficient (Wildman–Crippen LogP) is 0.888. The summed E-state index contributed by atoms with van der Waals surface area (Å²) in [6.07, 6.45) is 4.48. The van der Waals surface area contributed by atoms with Gasteiger partial charge in [-0.2, -0.15) is 0 Å². The van der Waals surface area contributed by atoms with E-state index in [1.54, 1.807) is 26.9 Å². The highest BCUT2D eigenvalue weighted by Gasteiger charge is 2.76. The smallest absolute Gasteiger partial charge is 0.248 e. The summed E-state index contributed by atoms with van der Waals surface area (Å²) in [6.45, 7) is 15.2. The van der Waals surface area contributed by atoms with E-state index in [1.165, 1.54) is 0 Å². The summed E-state index contributed by atoms with van der Waals surface area (Å²) in [6, 6.07) is -0.868. The SMILES string of the molecule is C=CCN(CCN1CCOCC1)C(=O)C1N(CCCO)C(=O)[C@@H]2[C@H](C(=O)N(CC=C)CCC)[C@H]3OC12CC3Br. The molecule has 0 aromatic heterocycles. The van der Waals surface area contributed by atoms with Crippen molar-refractivity contribution in [3.63, 3.8) is 0 Å². The molecule has 4 aliphatic rings. The van der Waals surface area contributed by atoms with E-state index in [9.17, 15) is 19.5 Å². The molecule has 0 aromatic rings. The van der Waals surface area contributed by atoms with Crippen LogP contribution in [0.3, 0.4) is 0 Å². The van der Waals surface area contributed by atoms with Crippen LogP contribution in [0, 0.1) is 11.8 Å². The highest BCUT2D eigenvalue weighted by Crippen LogP contribution is 2.60. The van der Waals surface area contributed by atoms with Crippen molar-refractivity contribution >= 4 is 33.7 Å². The molecule has 4 fully saturated rings. The molecule has 6 atom stereocenters. The Morgan fingerprint density at radius 2 is 1.79 bits per heavy atom. The predicted molar refractivity (Wildman–Crippen MR) is 150 cm³/mol. The van der Waals surface area contributed by atoms with Gasteiger partial charge in [0.05, 0.1) is 31.2 Å². The number of hydrogen-bond acceptors (Lipinski definition) is 7. The first kappa shape index (κ1) is 30.2. The fourth-order valence-electron chi connectivity index (χ4n) is 6.81. The van der Waals surface area contributed by atoms with E-state index in [1.807, 2.05) is 6.92 Å². The van der Waals surface area contributed by atoms with E-state index in [4.69, 9.17) is 9.47 Å². The molecule has 39 heavy (non-hydrogen) atoms. The average Bonchev–Trinajstić information content (AvgIpc) is 3.52. The molecule has 3 amide bonds. The molecule has 2 bridgehead atoms.